The number of thiophene rings is 1. The highest BCUT2D eigenvalue weighted by atomic mass is 79.9. The highest BCUT2D eigenvalue weighted by molar-refractivity contribution is 9.10. The van der Waals surface area contributed by atoms with E-state index < -0.39 is 24.5 Å². The summed E-state index contributed by atoms with van der Waals surface area (Å²) in [7, 11) is -0.139. The lowest BCUT2D eigenvalue weighted by Gasteiger charge is -2.24. The van der Waals surface area contributed by atoms with Crippen molar-refractivity contribution in [2.45, 2.75) is 24.5 Å². The Kier molecular flexibility index (Phi) is 4.17. The first kappa shape index (κ1) is 18.1. The van der Waals surface area contributed by atoms with Crippen LogP contribution in [0.1, 0.15) is 6.23 Å². The lowest BCUT2D eigenvalue weighted by molar-refractivity contribution is -0.0529. The summed E-state index contributed by atoms with van der Waals surface area (Å²) in [6.07, 6.45) is -0.953. The third kappa shape index (κ3) is 2.68. The average Bonchev–Trinajstić information content (AvgIpc) is 3.48. The number of ether oxygens (including phenoxy) is 1. The maximum absolute atomic E-state index is 13.0. The number of hydrogen-bond acceptors (Lipinski definition) is 8. The molecular formula is C16H13BrN5O5PS. The molecule has 2 saturated heterocycles. The summed E-state index contributed by atoms with van der Waals surface area (Å²) in [4.78, 5) is 25.2. The third-order valence-corrected chi connectivity index (χ3v) is 6.99. The first-order chi connectivity index (χ1) is 14.1. The minimum atomic E-state index is -0.949. The number of aromatic amines is 1. The number of halogens is 1. The van der Waals surface area contributed by atoms with Crippen molar-refractivity contribution in [1.29, 1.82) is 0 Å². The van der Waals surface area contributed by atoms with E-state index in [1.54, 1.807) is 22.1 Å². The number of aliphatic hydroxyl groups is 1. The van der Waals surface area contributed by atoms with Gasteiger partial charge in [0.15, 0.2) is 31.2 Å². The van der Waals surface area contributed by atoms with E-state index in [1.165, 1.54) is 4.40 Å². The highest BCUT2D eigenvalue weighted by Gasteiger charge is 2.48. The van der Waals surface area contributed by atoms with Gasteiger partial charge in [-0.25, -0.2) is 9.38 Å². The van der Waals surface area contributed by atoms with Crippen LogP contribution in [0.2, 0.25) is 0 Å². The SMILES string of the molecule is O=c1c2nc(Br)n(C3OC4COPOC4C3O)c2nc2[nH]c(-c3ccsc3)cn12. The summed E-state index contributed by atoms with van der Waals surface area (Å²) >= 11 is 4.95. The molecule has 4 aromatic rings. The summed E-state index contributed by atoms with van der Waals surface area (Å²) < 4.78 is 20.1. The van der Waals surface area contributed by atoms with Gasteiger partial charge in [-0.2, -0.15) is 16.3 Å². The molecule has 6 rings (SSSR count). The van der Waals surface area contributed by atoms with Crippen LogP contribution in [0, 0.1) is 0 Å². The Hall–Kier alpha value is -1.66. The van der Waals surface area contributed by atoms with Gasteiger partial charge in [0.2, 0.25) is 5.78 Å². The molecule has 0 bridgehead atoms. The van der Waals surface area contributed by atoms with Gasteiger partial charge >= 0.3 is 0 Å². The standard InChI is InChI=1S/C16H13BrN5O5PS/c17-15-19-9-12(22(15)14-10(23)11-8(26-14)4-25-28-27-11)20-16-18-7(3-21(16)13(9)24)6-1-2-29-5-6/h1-3,5,8,10-11,14,23,28H,4H2,(H,18,20). The fourth-order valence-electron chi connectivity index (χ4n) is 3.71. The molecule has 2 fully saturated rings. The Morgan fingerprint density at radius 2 is 2.31 bits per heavy atom. The van der Waals surface area contributed by atoms with Crippen LogP contribution in [0.25, 0.3) is 28.2 Å². The van der Waals surface area contributed by atoms with Crippen molar-refractivity contribution in [2.75, 3.05) is 6.61 Å². The van der Waals surface area contributed by atoms with Crippen molar-refractivity contribution >= 4 is 53.2 Å². The quantitative estimate of drug-likeness (QED) is 0.321. The van der Waals surface area contributed by atoms with E-state index in [2.05, 4.69) is 30.9 Å². The Bertz CT molecular complexity index is 1290. The van der Waals surface area contributed by atoms with E-state index in [0.717, 1.165) is 11.3 Å². The number of nitrogens with zero attached hydrogens (tertiary/aromatic N) is 4. The van der Waals surface area contributed by atoms with Crippen LogP contribution in [-0.4, -0.2) is 53.9 Å². The largest absolute Gasteiger partial charge is 0.386 e. The molecule has 5 unspecified atom stereocenters. The number of imidazole rings is 2. The van der Waals surface area contributed by atoms with E-state index in [-0.39, 0.29) is 20.1 Å². The smallest absolute Gasteiger partial charge is 0.287 e. The van der Waals surface area contributed by atoms with Gasteiger partial charge in [-0.05, 0) is 27.4 Å². The number of aliphatic hydroxyl groups excluding tert-OH is 1. The van der Waals surface area contributed by atoms with Gasteiger partial charge in [0.1, 0.15) is 18.3 Å². The Morgan fingerprint density at radius 3 is 3.10 bits per heavy atom. The van der Waals surface area contributed by atoms with Gasteiger partial charge < -0.3 is 23.9 Å². The molecule has 29 heavy (non-hydrogen) atoms. The third-order valence-electron chi connectivity index (χ3n) is 5.10. The van der Waals surface area contributed by atoms with Gasteiger partial charge in [0.25, 0.3) is 5.56 Å². The number of rotatable bonds is 2. The minimum Gasteiger partial charge on any atom is -0.386 e. The Labute approximate surface area is 176 Å². The summed E-state index contributed by atoms with van der Waals surface area (Å²) in [6, 6.07) is 1.96. The lowest BCUT2D eigenvalue weighted by atomic mass is 10.1. The van der Waals surface area contributed by atoms with Crippen LogP contribution in [0.4, 0.5) is 0 Å². The maximum Gasteiger partial charge on any atom is 0.287 e. The van der Waals surface area contributed by atoms with Crippen LogP contribution in [0.15, 0.2) is 32.6 Å². The second-order valence-electron chi connectivity index (χ2n) is 6.75. The number of aromatic nitrogens is 5. The Morgan fingerprint density at radius 1 is 1.41 bits per heavy atom. The predicted molar refractivity (Wildman–Crippen MR) is 109 cm³/mol. The van der Waals surface area contributed by atoms with Crippen LogP contribution >= 0.6 is 36.3 Å². The van der Waals surface area contributed by atoms with E-state index in [1.807, 2.05) is 16.8 Å². The topological polar surface area (TPSA) is 116 Å². The molecule has 2 aliphatic heterocycles. The van der Waals surface area contributed by atoms with E-state index in [0.29, 0.717) is 22.8 Å². The Balaban J connectivity index is 1.52. The molecule has 2 N–H and O–H groups in total. The number of hydrogen-bond donors (Lipinski definition) is 2. The van der Waals surface area contributed by atoms with Gasteiger partial charge in [0, 0.05) is 17.1 Å². The van der Waals surface area contributed by atoms with E-state index in [9.17, 15) is 9.90 Å². The van der Waals surface area contributed by atoms with Crippen molar-refractivity contribution in [3.8, 4) is 11.3 Å². The average molecular weight is 498 g/mol. The van der Waals surface area contributed by atoms with Crippen molar-refractivity contribution in [1.82, 2.24) is 23.9 Å². The summed E-state index contributed by atoms with van der Waals surface area (Å²) in [6.45, 7) is 0.335. The summed E-state index contributed by atoms with van der Waals surface area (Å²) in [5.41, 5.74) is 1.93. The van der Waals surface area contributed by atoms with Gasteiger partial charge in [-0.15, -0.1) is 0 Å². The fourth-order valence-corrected chi connectivity index (χ4v) is 5.62. The highest BCUT2D eigenvalue weighted by Crippen LogP contribution is 2.41. The molecule has 0 aromatic carbocycles. The molecule has 6 heterocycles. The van der Waals surface area contributed by atoms with Crippen LogP contribution < -0.4 is 5.56 Å². The number of nitrogens with one attached hydrogen (secondary N) is 1. The minimum absolute atomic E-state index is 0.139. The molecule has 0 saturated carbocycles. The normalized spacial score (nSPS) is 27.9. The number of fused-ring (bicyclic) bond motifs is 3. The molecule has 0 spiro atoms. The zero-order chi connectivity index (χ0) is 19.7. The molecular weight excluding hydrogens is 485 g/mol. The summed E-state index contributed by atoms with van der Waals surface area (Å²) in [5, 5.41) is 14.7. The van der Waals surface area contributed by atoms with Crippen LogP contribution in [-0.2, 0) is 13.8 Å². The molecule has 0 radical (unpaired) electrons. The number of H-pyrrole nitrogens is 1. The lowest BCUT2D eigenvalue weighted by Crippen LogP contribution is -2.36. The van der Waals surface area contributed by atoms with Gasteiger partial charge in [-0.3, -0.25) is 9.36 Å². The second kappa shape index (κ2) is 6.67. The van der Waals surface area contributed by atoms with Gasteiger partial charge in [-0.1, -0.05) is 0 Å². The molecule has 150 valence electrons. The zero-order valence-electron chi connectivity index (χ0n) is 14.5. The summed E-state index contributed by atoms with van der Waals surface area (Å²) in [5.74, 6) is 0.378. The molecule has 10 nitrogen and oxygen atoms in total. The van der Waals surface area contributed by atoms with Gasteiger partial charge in [0.05, 0.1) is 12.3 Å². The van der Waals surface area contributed by atoms with Crippen molar-refractivity contribution in [3.05, 3.63) is 38.1 Å². The van der Waals surface area contributed by atoms with E-state index in [4.69, 9.17) is 13.8 Å². The maximum atomic E-state index is 13.0. The van der Waals surface area contributed by atoms with Crippen molar-refractivity contribution in [2.24, 2.45) is 0 Å². The molecule has 0 amide bonds. The van der Waals surface area contributed by atoms with Crippen molar-refractivity contribution < 1.29 is 18.9 Å². The van der Waals surface area contributed by atoms with E-state index >= 15 is 0 Å². The van der Waals surface area contributed by atoms with Crippen LogP contribution in [0.5, 0.6) is 0 Å². The zero-order valence-corrected chi connectivity index (χ0v) is 17.9. The molecule has 2 aliphatic rings. The second-order valence-corrected chi connectivity index (χ2v) is 8.93. The van der Waals surface area contributed by atoms with Crippen molar-refractivity contribution in [3.63, 3.8) is 0 Å². The molecule has 0 aliphatic carbocycles. The predicted octanol–water partition coefficient (Wildman–Crippen LogP) is 2.05. The fraction of sp³-hybridized carbons (Fsp3) is 0.312. The first-order valence-electron chi connectivity index (χ1n) is 8.69. The monoisotopic (exact) mass is 497 g/mol. The molecule has 4 aromatic heterocycles. The molecule has 5 atom stereocenters. The molecule has 13 heteroatoms. The van der Waals surface area contributed by atoms with Crippen LogP contribution in [0.3, 0.4) is 0 Å². The first-order valence-corrected chi connectivity index (χ1v) is 11.2.